The van der Waals surface area contributed by atoms with Crippen molar-refractivity contribution in [2.24, 2.45) is 0 Å². The fourth-order valence-electron chi connectivity index (χ4n) is 4.15. The summed E-state index contributed by atoms with van der Waals surface area (Å²) >= 11 is 0. The van der Waals surface area contributed by atoms with Crippen molar-refractivity contribution >= 4 is 14.8 Å². The van der Waals surface area contributed by atoms with Crippen LogP contribution in [0.2, 0.25) is 12.6 Å². The molecule has 190 valence electrons. The number of phenolic OH excluding ortho intramolecular Hbond substituents is 1. The number of unbranched alkanes of at least 4 members (excludes halogenated alkanes) is 8. The van der Waals surface area contributed by atoms with Crippen LogP contribution in [0.15, 0.2) is 12.1 Å². The summed E-state index contributed by atoms with van der Waals surface area (Å²) in [7, 11) is -1.93. The van der Waals surface area contributed by atoms with Gasteiger partial charge in [0.15, 0.2) is 6.29 Å². The highest BCUT2D eigenvalue weighted by molar-refractivity contribution is 6.66. The van der Waals surface area contributed by atoms with E-state index >= 15 is 0 Å². The van der Waals surface area contributed by atoms with Crippen molar-refractivity contribution in [2.75, 3.05) is 19.8 Å². The molecule has 0 radical (unpaired) electrons. The monoisotopic (exact) mass is 480 g/mol. The predicted octanol–water partition coefficient (Wildman–Crippen LogP) is 7.54. The maximum atomic E-state index is 11.3. The fourth-order valence-corrected chi connectivity index (χ4v) is 6.63. The number of hydrogen-bond acceptors (Lipinski definition) is 5. The van der Waals surface area contributed by atoms with Crippen LogP contribution >= 0.6 is 0 Å². The molecule has 1 aromatic rings. The lowest BCUT2D eigenvalue weighted by Crippen LogP contribution is -2.38. The second-order valence-corrected chi connectivity index (χ2v) is 13.4. The third kappa shape index (κ3) is 11.5. The van der Waals surface area contributed by atoms with Gasteiger partial charge in [0.25, 0.3) is 0 Å². The van der Waals surface area contributed by atoms with Gasteiger partial charge in [-0.15, -0.1) is 0 Å². The van der Waals surface area contributed by atoms with E-state index in [2.05, 4.69) is 20.4 Å². The molecule has 0 aliphatic carbocycles. The van der Waals surface area contributed by atoms with Gasteiger partial charge in [0.2, 0.25) is 0 Å². The highest BCUT2D eigenvalue weighted by Gasteiger charge is 2.29. The molecule has 0 unspecified atom stereocenters. The number of rotatable bonds is 18. The number of aromatic hydroxyl groups is 1. The van der Waals surface area contributed by atoms with Gasteiger partial charge in [0, 0.05) is 18.8 Å². The summed E-state index contributed by atoms with van der Waals surface area (Å²) in [5, 5.41) is 10.3. The predicted molar refractivity (Wildman–Crippen MR) is 139 cm³/mol. The van der Waals surface area contributed by atoms with Crippen molar-refractivity contribution in [3.8, 4) is 11.5 Å². The van der Waals surface area contributed by atoms with Gasteiger partial charge >= 0.3 is 8.56 Å². The zero-order chi connectivity index (χ0) is 24.7. The zero-order valence-electron chi connectivity index (χ0n) is 22.0. The van der Waals surface area contributed by atoms with Crippen molar-refractivity contribution in [3.63, 3.8) is 0 Å². The van der Waals surface area contributed by atoms with E-state index in [1.54, 1.807) is 6.07 Å². The molecule has 0 atom stereocenters. The van der Waals surface area contributed by atoms with E-state index in [-0.39, 0.29) is 11.2 Å². The highest BCUT2D eigenvalue weighted by Crippen LogP contribution is 2.36. The van der Waals surface area contributed by atoms with E-state index in [1.807, 2.05) is 26.8 Å². The molecule has 1 rings (SSSR count). The maximum Gasteiger partial charge on any atom is 0.334 e. The van der Waals surface area contributed by atoms with E-state index in [4.69, 9.17) is 13.6 Å². The van der Waals surface area contributed by atoms with Crippen LogP contribution in [0, 0.1) is 0 Å². The molecule has 6 heteroatoms. The largest absolute Gasteiger partial charge is 0.507 e. The minimum Gasteiger partial charge on any atom is -0.507 e. The van der Waals surface area contributed by atoms with Gasteiger partial charge in [0.1, 0.15) is 11.5 Å². The Hall–Kier alpha value is -1.37. The molecule has 0 aliphatic heterocycles. The SMILES string of the molecule is CCO[Si](C)(CCCCCCCCCCCOc1cc(C=O)c(O)c(C(C)(C)C)c1)OCC. The van der Waals surface area contributed by atoms with Crippen molar-refractivity contribution in [1.82, 2.24) is 0 Å². The maximum absolute atomic E-state index is 11.3. The van der Waals surface area contributed by atoms with E-state index in [0.29, 0.717) is 24.2 Å². The first kappa shape index (κ1) is 29.7. The summed E-state index contributed by atoms with van der Waals surface area (Å²) in [5.41, 5.74) is 0.778. The van der Waals surface area contributed by atoms with E-state index in [9.17, 15) is 9.90 Å². The van der Waals surface area contributed by atoms with Gasteiger partial charge in [0.05, 0.1) is 12.2 Å². The average Bonchev–Trinajstić information content (AvgIpc) is 2.74. The molecule has 0 bridgehead atoms. The molecule has 0 amide bonds. The summed E-state index contributed by atoms with van der Waals surface area (Å²) in [6.07, 6.45) is 11.7. The first-order valence-electron chi connectivity index (χ1n) is 12.9. The number of aldehydes is 1. The van der Waals surface area contributed by atoms with Gasteiger partial charge in [-0.1, -0.05) is 72.1 Å². The molecule has 33 heavy (non-hydrogen) atoms. The Kier molecular flexibility index (Phi) is 13.9. The second kappa shape index (κ2) is 15.5. The lowest BCUT2D eigenvalue weighted by Gasteiger charge is -2.25. The van der Waals surface area contributed by atoms with Crippen LogP contribution in [-0.2, 0) is 14.3 Å². The molecular weight excluding hydrogens is 432 g/mol. The number of carbonyl (C=O) groups excluding carboxylic acids is 1. The van der Waals surface area contributed by atoms with Crippen LogP contribution in [0.3, 0.4) is 0 Å². The van der Waals surface area contributed by atoms with Gasteiger partial charge in [-0.2, -0.15) is 0 Å². The smallest absolute Gasteiger partial charge is 0.334 e. The number of ether oxygens (including phenoxy) is 1. The molecule has 1 aromatic carbocycles. The Bertz CT molecular complexity index is 678. The first-order valence-corrected chi connectivity index (χ1v) is 15.4. The molecule has 0 heterocycles. The second-order valence-electron chi connectivity index (χ2n) is 10.1. The minimum atomic E-state index is -1.93. The summed E-state index contributed by atoms with van der Waals surface area (Å²) < 4.78 is 17.7. The van der Waals surface area contributed by atoms with E-state index in [1.165, 1.54) is 44.9 Å². The Balaban J connectivity index is 2.16. The van der Waals surface area contributed by atoms with Crippen LogP contribution in [0.25, 0.3) is 0 Å². The molecule has 0 saturated heterocycles. The normalized spacial score (nSPS) is 12.2. The minimum absolute atomic E-state index is 0.0597. The van der Waals surface area contributed by atoms with Crippen LogP contribution < -0.4 is 4.74 Å². The third-order valence-electron chi connectivity index (χ3n) is 5.99. The van der Waals surface area contributed by atoms with Gasteiger partial charge in [-0.25, -0.2) is 0 Å². The first-order chi connectivity index (χ1) is 15.7. The van der Waals surface area contributed by atoms with Crippen LogP contribution in [-0.4, -0.2) is 39.8 Å². The van der Waals surface area contributed by atoms with Gasteiger partial charge in [-0.3, -0.25) is 4.79 Å². The van der Waals surface area contributed by atoms with Crippen molar-refractivity contribution in [2.45, 2.75) is 110 Å². The Morgan fingerprint density at radius 1 is 0.879 bits per heavy atom. The summed E-state index contributed by atoms with van der Waals surface area (Å²) in [6.45, 7) is 14.5. The fraction of sp³-hybridized carbons (Fsp3) is 0.741. The quantitative estimate of drug-likeness (QED) is 0.134. The molecule has 0 fully saturated rings. The summed E-state index contributed by atoms with van der Waals surface area (Å²) in [4.78, 5) is 11.3. The van der Waals surface area contributed by atoms with Crippen molar-refractivity contribution < 1.29 is 23.5 Å². The van der Waals surface area contributed by atoms with Crippen LogP contribution in [0.4, 0.5) is 0 Å². The number of benzene rings is 1. The Morgan fingerprint density at radius 2 is 1.39 bits per heavy atom. The molecule has 1 N–H and O–H groups in total. The van der Waals surface area contributed by atoms with Gasteiger partial charge in [-0.05, 0) is 50.4 Å². The number of hydrogen-bond donors (Lipinski definition) is 1. The Morgan fingerprint density at radius 3 is 1.88 bits per heavy atom. The summed E-state index contributed by atoms with van der Waals surface area (Å²) in [6, 6.07) is 4.59. The standard InChI is InChI=1S/C27H48O5Si/c1-7-31-33(6,32-8-2)19-17-15-13-11-9-10-12-14-16-18-30-24-20-23(22-28)26(29)25(21-24)27(3,4)5/h20-22,29H,7-19H2,1-6H3. The Labute approximate surface area is 203 Å². The van der Waals surface area contributed by atoms with Gasteiger partial charge < -0.3 is 18.7 Å². The zero-order valence-corrected chi connectivity index (χ0v) is 23.0. The van der Waals surface area contributed by atoms with Crippen molar-refractivity contribution in [1.29, 1.82) is 0 Å². The third-order valence-corrected chi connectivity index (χ3v) is 9.05. The lowest BCUT2D eigenvalue weighted by atomic mass is 9.85. The highest BCUT2D eigenvalue weighted by atomic mass is 28.4. The van der Waals surface area contributed by atoms with Crippen LogP contribution in [0.5, 0.6) is 11.5 Å². The molecular formula is C27H48O5Si. The van der Waals surface area contributed by atoms with E-state index < -0.39 is 8.56 Å². The number of phenols is 1. The lowest BCUT2D eigenvalue weighted by molar-refractivity contribution is 0.112. The molecule has 5 nitrogen and oxygen atoms in total. The van der Waals surface area contributed by atoms with E-state index in [0.717, 1.165) is 37.7 Å². The summed E-state index contributed by atoms with van der Waals surface area (Å²) in [5.74, 6) is 0.720. The molecule has 0 saturated carbocycles. The van der Waals surface area contributed by atoms with Crippen LogP contribution in [0.1, 0.15) is 108 Å². The molecule has 0 aliphatic rings. The topological polar surface area (TPSA) is 65.0 Å². The molecule has 0 aromatic heterocycles. The average molecular weight is 481 g/mol. The number of carbonyl (C=O) groups is 1. The molecule has 0 spiro atoms. The van der Waals surface area contributed by atoms with Crippen molar-refractivity contribution in [3.05, 3.63) is 23.3 Å².